The van der Waals surface area contributed by atoms with Crippen LogP contribution in [0.25, 0.3) is 0 Å². The van der Waals surface area contributed by atoms with Crippen molar-refractivity contribution in [2.24, 2.45) is 4.99 Å². The van der Waals surface area contributed by atoms with Crippen LogP contribution in [-0.2, 0) is 4.79 Å². The summed E-state index contributed by atoms with van der Waals surface area (Å²) in [4.78, 5) is 24.9. The molecule has 2 rings (SSSR count). The Labute approximate surface area is 111 Å². The number of hydrogen-bond donors (Lipinski definition) is 0. The number of anilines is 1. The van der Waals surface area contributed by atoms with Crippen molar-refractivity contribution in [3.63, 3.8) is 0 Å². The van der Waals surface area contributed by atoms with Crippen molar-refractivity contribution in [2.75, 3.05) is 11.9 Å². The average molecular weight is 252 g/mol. The monoisotopic (exact) mass is 252 g/mol. The highest BCUT2D eigenvalue weighted by atomic mass is 16.1. The Hall–Kier alpha value is -2.78. The second-order valence-corrected chi connectivity index (χ2v) is 3.67. The van der Waals surface area contributed by atoms with Crippen LogP contribution in [0.2, 0.25) is 0 Å². The topological polar surface area (TPSA) is 58.5 Å². The highest BCUT2D eigenvalue weighted by Crippen LogP contribution is 2.12. The molecule has 0 fully saturated rings. The minimum atomic E-state index is 0.424. The standard InChI is InChI=1S/C14H12N4O/c1-18(13-7-3-5-10-16-13)14(8-11-19)17-12-6-2-4-9-15-12/h2-10H,1H3/b17-14-. The summed E-state index contributed by atoms with van der Waals surface area (Å²) in [5, 5.41) is 0. The molecule has 94 valence electrons. The summed E-state index contributed by atoms with van der Waals surface area (Å²) in [6.45, 7) is 0. The summed E-state index contributed by atoms with van der Waals surface area (Å²) in [7, 11) is 1.78. The van der Waals surface area contributed by atoms with Gasteiger partial charge in [0.15, 0.2) is 5.82 Å². The van der Waals surface area contributed by atoms with Crippen molar-refractivity contribution in [3.8, 4) is 0 Å². The molecule has 0 N–H and O–H groups in total. The van der Waals surface area contributed by atoms with E-state index >= 15 is 0 Å². The van der Waals surface area contributed by atoms with Crippen LogP contribution >= 0.6 is 0 Å². The molecule has 5 nitrogen and oxygen atoms in total. The molecule has 0 unspecified atom stereocenters. The van der Waals surface area contributed by atoms with Crippen LogP contribution in [0.1, 0.15) is 0 Å². The Bertz CT molecular complexity index is 604. The first-order valence-electron chi connectivity index (χ1n) is 5.66. The number of pyridine rings is 2. The maximum Gasteiger partial charge on any atom is 0.154 e. The van der Waals surface area contributed by atoms with Gasteiger partial charge < -0.3 is 4.90 Å². The van der Waals surface area contributed by atoms with Crippen molar-refractivity contribution in [1.82, 2.24) is 9.97 Å². The molecule has 0 amide bonds. The van der Waals surface area contributed by atoms with E-state index in [0.29, 0.717) is 17.5 Å². The van der Waals surface area contributed by atoms with E-state index < -0.39 is 0 Å². The quantitative estimate of drug-likeness (QED) is 0.476. The third-order valence-electron chi connectivity index (χ3n) is 2.40. The van der Waals surface area contributed by atoms with Crippen molar-refractivity contribution >= 4 is 23.4 Å². The maximum absolute atomic E-state index is 10.6. The van der Waals surface area contributed by atoms with E-state index in [2.05, 4.69) is 15.0 Å². The zero-order valence-corrected chi connectivity index (χ0v) is 10.4. The second kappa shape index (κ2) is 6.23. The smallest absolute Gasteiger partial charge is 0.154 e. The Kier molecular flexibility index (Phi) is 4.16. The van der Waals surface area contributed by atoms with Crippen molar-refractivity contribution in [2.45, 2.75) is 0 Å². The fraction of sp³-hybridized carbons (Fsp3) is 0.0714. The molecule has 5 heteroatoms. The molecule has 2 aromatic heterocycles. The van der Waals surface area contributed by atoms with Gasteiger partial charge in [-0.1, -0.05) is 12.1 Å². The number of rotatable bonds is 3. The summed E-state index contributed by atoms with van der Waals surface area (Å²) < 4.78 is 0. The number of amidine groups is 1. The van der Waals surface area contributed by atoms with Crippen molar-refractivity contribution in [1.29, 1.82) is 0 Å². The zero-order chi connectivity index (χ0) is 13.5. The average Bonchev–Trinajstić information content (AvgIpc) is 2.48. The van der Waals surface area contributed by atoms with Gasteiger partial charge in [-0.25, -0.2) is 19.8 Å². The van der Waals surface area contributed by atoms with Crippen LogP contribution in [0.4, 0.5) is 11.6 Å². The van der Waals surface area contributed by atoms with Gasteiger partial charge >= 0.3 is 0 Å². The minimum Gasteiger partial charge on any atom is -0.313 e. The van der Waals surface area contributed by atoms with Gasteiger partial charge in [0.25, 0.3) is 0 Å². The Morgan fingerprint density at radius 1 is 1.21 bits per heavy atom. The summed E-state index contributed by atoms with van der Waals surface area (Å²) in [5.74, 6) is 3.36. The summed E-state index contributed by atoms with van der Waals surface area (Å²) >= 11 is 0. The molecule has 0 saturated heterocycles. The SMILES string of the molecule is CN(/C(C=C=O)=N\c1ccccn1)c1ccccn1. The van der Waals surface area contributed by atoms with Crippen LogP contribution in [0.15, 0.2) is 59.9 Å². The normalized spacial score (nSPS) is 10.7. The molecule has 0 aromatic carbocycles. The minimum absolute atomic E-state index is 0.424. The Morgan fingerprint density at radius 2 is 1.95 bits per heavy atom. The largest absolute Gasteiger partial charge is 0.313 e. The van der Waals surface area contributed by atoms with Crippen LogP contribution in [0.3, 0.4) is 0 Å². The summed E-state index contributed by atoms with van der Waals surface area (Å²) in [6, 6.07) is 10.9. The van der Waals surface area contributed by atoms with Crippen LogP contribution in [0.5, 0.6) is 0 Å². The third kappa shape index (κ3) is 3.34. The first-order chi connectivity index (χ1) is 9.31. The van der Waals surface area contributed by atoms with Gasteiger partial charge in [-0.2, -0.15) is 0 Å². The fourth-order valence-electron chi connectivity index (χ4n) is 1.46. The molecule has 0 atom stereocenters. The first-order valence-corrected chi connectivity index (χ1v) is 5.66. The van der Waals surface area contributed by atoms with Crippen LogP contribution in [-0.4, -0.2) is 28.8 Å². The first kappa shape index (κ1) is 12.7. The van der Waals surface area contributed by atoms with Gasteiger partial charge in [-0.15, -0.1) is 0 Å². The van der Waals surface area contributed by atoms with E-state index in [9.17, 15) is 4.79 Å². The number of nitrogens with zero attached hydrogens (tertiary/aromatic N) is 4. The molecular formula is C14H12N4O. The lowest BCUT2D eigenvalue weighted by Gasteiger charge is -2.16. The molecular weight excluding hydrogens is 240 g/mol. The van der Waals surface area contributed by atoms with Crippen molar-refractivity contribution in [3.05, 3.63) is 54.9 Å². The van der Waals surface area contributed by atoms with E-state index in [-0.39, 0.29) is 0 Å². The highest BCUT2D eigenvalue weighted by molar-refractivity contribution is 6.09. The van der Waals surface area contributed by atoms with Gasteiger partial charge in [0.1, 0.15) is 17.6 Å². The van der Waals surface area contributed by atoms with Gasteiger partial charge in [0.05, 0.1) is 6.08 Å². The van der Waals surface area contributed by atoms with E-state index in [4.69, 9.17) is 0 Å². The summed E-state index contributed by atoms with van der Waals surface area (Å²) in [6.07, 6.45) is 4.57. The molecule has 19 heavy (non-hydrogen) atoms. The Balaban J connectivity index is 2.36. The number of aliphatic imine (C=N–C) groups is 1. The lowest BCUT2D eigenvalue weighted by atomic mass is 10.4. The van der Waals surface area contributed by atoms with Gasteiger partial charge in [0.2, 0.25) is 0 Å². The van der Waals surface area contributed by atoms with E-state index in [1.807, 2.05) is 24.3 Å². The van der Waals surface area contributed by atoms with E-state index in [1.54, 1.807) is 42.4 Å². The lowest BCUT2D eigenvalue weighted by Crippen LogP contribution is -2.25. The summed E-state index contributed by atoms with van der Waals surface area (Å²) in [5.41, 5.74) is 0. The fourth-order valence-corrected chi connectivity index (χ4v) is 1.46. The Morgan fingerprint density at radius 3 is 2.53 bits per heavy atom. The maximum atomic E-state index is 10.6. The molecule has 2 aromatic rings. The molecule has 0 aliphatic rings. The molecule has 0 radical (unpaired) electrons. The zero-order valence-electron chi connectivity index (χ0n) is 10.4. The van der Waals surface area contributed by atoms with Crippen LogP contribution in [0, 0.1) is 0 Å². The predicted molar refractivity (Wildman–Crippen MR) is 74.2 cm³/mol. The van der Waals surface area contributed by atoms with Crippen LogP contribution < -0.4 is 4.90 Å². The number of carbonyl (C=O) groups excluding carboxylic acids is 1. The van der Waals surface area contributed by atoms with Gasteiger partial charge in [0, 0.05) is 19.4 Å². The molecule has 0 saturated carbocycles. The molecule has 0 spiro atoms. The predicted octanol–water partition coefficient (Wildman–Crippen LogP) is 2.03. The second-order valence-electron chi connectivity index (χ2n) is 3.67. The van der Waals surface area contributed by atoms with E-state index in [1.165, 1.54) is 6.08 Å². The van der Waals surface area contributed by atoms with Gasteiger partial charge in [-0.3, -0.25) is 0 Å². The van der Waals surface area contributed by atoms with Crippen molar-refractivity contribution < 1.29 is 4.79 Å². The molecule has 0 aliphatic carbocycles. The molecule has 2 heterocycles. The van der Waals surface area contributed by atoms with Gasteiger partial charge in [-0.05, 0) is 24.3 Å². The van der Waals surface area contributed by atoms with E-state index in [0.717, 1.165) is 0 Å². The molecule has 0 aliphatic heterocycles. The third-order valence-corrected chi connectivity index (χ3v) is 2.40. The highest BCUT2D eigenvalue weighted by Gasteiger charge is 2.07. The lowest BCUT2D eigenvalue weighted by molar-refractivity contribution is 0.569. The number of hydrogen-bond acceptors (Lipinski definition) is 4. The molecule has 0 bridgehead atoms. The number of aromatic nitrogens is 2. The number of likely N-dealkylation sites (N-methyl/N-ethyl adjacent to an activating group) is 1.